The maximum Gasteiger partial charge on any atom is 0.260 e. The molecule has 0 saturated heterocycles. The van der Waals surface area contributed by atoms with Crippen molar-refractivity contribution in [2.24, 2.45) is 0 Å². The minimum absolute atomic E-state index is 0.0254. The first-order chi connectivity index (χ1) is 12.1. The Balaban J connectivity index is 1.74. The van der Waals surface area contributed by atoms with Gasteiger partial charge in [0.1, 0.15) is 11.5 Å². The van der Waals surface area contributed by atoms with Crippen molar-refractivity contribution in [1.82, 2.24) is 9.88 Å². The molecule has 1 aliphatic carbocycles. The van der Waals surface area contributed by atoms with Crippen LogP contribution in [0.1, 0.15) is 37.8 Å². The standard InChI is InChI=1S/C20H26N2O3/c1-14-11-19(17-12-16(24-3)9-10-18(17)21-14)25-13-20(23)22(2)15-7-5-4-6-8-15/h9-12,15H,4-8,13H2,1-3H3. The number of fused-ring (bicyclic) bond motifs is 1. The van der Waals surface area contributed by atoms with E-state index in [0.717, 1.165) is 35.2 Å². The Morgan fingerprint density at radius 2 is 2.00 bits per heavy atom. The maximum absolute atomic E-state index is 12.5. The molecule has 1 aliphatic rings. The van der Waals surface area contributed by atoms with Crippen molar-refractivity contribution in [1.29, 1.82) is 0 Å². The fraction of sp³-hybridized carbons (Fsp3) is 0.500. The lowest BCUT2D eigenvalue weighted by Gasteiger charge is -2.31. The number of aromatic nitrogens is 1. The summed E-state index contributed by atoms with van der Waals surface area (Å²) >= 11 is 0. The molecule has 5 nitrogen and oxygen atoms in total. The van der Waals surface area contributed by atoms with E-state index in [2.05, 4.69) is 4.98 Å². The molecule has 1 saturated carbocycles. The van der Waals surface area contributed by atoms with Crippen LogP contribution in [0, 0.1) is 6.92 Å². The number of hydrogen-bond acceptors (Lipinski definition) is 4. The summed E-state index contributed by atoms with van der Waals surface area (Å²) in [6.07, 6.45) is 5.88. The third kappa shape index (κ3) is 4.03. The van der Waals surface area contributed by atoms with Crippen molar-refractivity contribution in [3.05, 3.63) is 30.0 Å². The Kier molecular flexibility index (Phi) is 5.41. The predicted octanol–water partition coefficient (Wildman–Crippen LogP) is 3.72. The van der Waals surface area contributed by atoms with Gasteiger partial charge in [0.25, 0.3) is 5.91 Å². The highest BCUT2D eigenvalue weighted by molar-refractivity contribution is 5.87. The lowest BCUT2D eigenvalue weighted by Crippen LogP contribution is -2.40. The van der Waals surface area contributed by atoms with Crippen LogP contribution >= 0.6 is 0 Å². The topological polar surface area (TPSA) is 51.7 Å². The number of methoxy groups -OCH3 is 1. The summed E-state index contributed by atoms with van der Waals surface area (Å²) in [4.78, 5) is 18.9. The Hall–Kier alpha value is -2.30. The maximum atomic E-state index is 12.5. The fourth-order valence-corrected chi connectivity index (χ4v) is 3.46. The molecule has 0 aliphatic heterocycles. The van der Waals surface area contributed by atoms with Gasteiger partial charge in [-0.1, -0.05) is 19.3 Å². The van der Waals surface area contributed by atoms with Gasteiger partial charge in [0.05, 0.1) is 12.6 Å². The van der Waals surface area contributed by atoms with Crippen LogP contribution < -0.4 is 9.47 Å². The molecule has 1 aromatic heterocycles. The molecule has 0 unspecified atom stereocenters. The molecule has 1 fully saturated rings. The van der Waals surface area contributed by atoms with Crippen LogP contribution in [0.15, 0.2) is 24.3 Å². The third-order valence-electron chi connectivity index (χ3n) is 4.97. The average Bonchev–Trinajstić information content (AvgIpc) is 2.65. The number of rotatable bonds is 5. The monoisotopic (exact) mass is 342 g/mol. The molecule has 2 aromatic rings. The summed E-state index contributed by atoms with van der Waals surface area (Å²) in [5.41, 5.74) is 1.70. The van der Waals surface area contributed by atoms with Crippen LogP contribution in [0.25, 0.3) is 10.9 Å². The second-order valence-electron chi connectivity index (χ2n) is 6.73. The van der Waals surface area contributed by atoms with Gasteiger partial charge in [-0.25, -0.2) is 0 Å². The van der Waals surface area contributed by atoms with Gasteiger partial charge < -0.3 is 14.4 Å². The first-order valence-corrected chi connectivity index (χ1v) is 8.92. The molecule has 5 heteroatoms. The number of aryl methyl sites for hydroxylation is 1. The normalized spacial score (nSPS) is 15.2. The molecule has 134 valence electrons. The minimum atomic E-state index is 0.0254. The zero-order valence-electron chi connectivity index (χ0n) is 15.2. The molecule has 1 heterocycles. The molecular weight excluding hydrogens is 316 g/mol. The summed E-state index contributed by atoms with van der Waals surface area (Å²) < 4.78 is 11.2. The lowest BCUT2D eigenvalue weighted by atomic mass is 9.94. The molecule has 0 N–H and O–H groups in total. The zero-order valence-corrected chi connectivity index (χ0v) is 15.2. The third-order valence-corrected chi connectivity index (χ3v) is 4.97. The van der Waals surface area contributed by atoms with Crippen LogP contribution in [0.4, 0.5) is 0 Å². The number of ether oxygens (including phenoxy) is 2. The number of benzene rings is 1. The fourth-order valence-electron chi connectivity index (χ4n) is 3.46. The molecule has 0 bridgehead atoms. The van der Waals surface area contributed by atoms with Crippen molar-refractivity contribution in [3.63, 3.8) is 0 Å². The zero-order chi connectivity index (χ0) is 17.8. The highest BCUT2D eigenvalue weighted by atomic mass is 16.5. The van der Waals surface area contributed by atoms with Crippen molar-refractivity contribution in [2.75, 3.05) is 20.8 Å². The minimum Gasteiger partial charge on any atom is -0.497 e. The first-order valence-electron chi connectivity index (χ1n) is 8.92. The van der Waals surface area contributed by atoms with Gasteiger partial charge in [0, 0.05) is 30.2 Å². The molecule has 0 radical (unpaired) electrons. The summed E-state index contributed by atoms with van der Waals surface area (Å²) in [6, 6.07) is 7.90. The van der Waals surface area contributed by atoms with Crippen molar-refractivity contribution < 1.29 is 14.3 Å². The number of likely N-dealkylation sites (N-methyl/N-ethyl adjacent to an activating group) is 1. The largest absolute Gasteiger partial charge is 0.497 e. The average molecular weight is 342 g/mol. The van der Waals surface area contributed by atoms with E-state index in [1.807, 2.05) is 43.1 Å². The number of pyridine rings is 1. The van der Waals surface area contributed by atoms with Crippen LogP contribution in [-0.4, -0.2) is 42.6 Å². The molecule has 0 spiro atoms. The van der Waals surface area contributed by atoms with Gasteiger partial charge in [-0.15, -0.1) is 0 Å². The van der Waals surface area contributed by atoms with Crippen LogP contribution in [0.5, 0.6) is 11.5 Å². The highest BCUT2D eigenvalue weighted by Gasteiger charge is 2.22. The summed E-state index contributed by atoms with van der Waals surface area (Å²) in [6.45, 7) is 1.97. The van der Waals surface area contributed by atoms with E-state index in [0.29, 0.717) is 11.8 Å². The van der Waals surface area contributed by atoms with Crippen LogP contribution in [0.3, 0.4) is 0 Å². The second kappa shape index (κ2) is 7.72. The molecule has 1 aromatic carbocycles. The van der Waals surface area contributed by atoms with E-state index in [1.54, 1.807) is 7.11 Å². The van der Waals surface area contributed by atoms with E-state index in [-0.39, 0.29) is 12.5 Å². The molecular formula is C20H26N2O3. The van der Waals surface area contributed by atoms with E-state index in [1.165, 1.54) is 19.3 Å². The Labute approximate surface area is 148 Å². The number of nitrogens with zero attached hydrogens (tertiary/aromatic N) is 2. The molecule has 25 heavy (non-hydrogen) atoms. The summed E-state index contributed by atoms with van der Waals surface area (Å²) in [5, 5.41) is 0.859. The van der Waals surface area contributed by atoms with Gasteiger partial charge in [-0.2, -0.15) is 0 Å². The van der Waals surface area contributed by atoms with Gasteiger partial charge in [0.15, 0.2) is 6.61 Å². The van der Waals surface area contributed by atoms with Gasteiger partial charge >= 0.3 is 0 Å². The molecule has 0 atom stereocenters. The van der Waals surface area contributed by atoms with Gasteiger partial charge in [-0.3, -0.25) is 9.78 Å². The summed E-state index contributed by atoms with van der Waals surface area (Å²) in [5.74, 6) is 1.44. The van der Waals surface area contributed by atoms with Gasteiger partial charge in [0.2, 0.25) is 0 Å². The number of carbonyl (C=O) groups excluding carboxylic acids is 1. The number of amides is 1. The predicted molar refractivity (Wildman–Crippen MR) is 98.2 cm³/mol. The smallest absolute Gasteiger partial charge is 0.260 e. The number of carbonyl (C=O) groups is 1. The van der Waals surface area contributed by atoms with E-state index < -0.39 is 0 Å². The molecule has 3 rings (SSSR count). The Bertz CT molecular complexity index is 754. The van der Waals surface area contributed by atoms with E-state index in [4.69, 9.17) is 9.47 Å². The van der Waals surface area contributed by atoms with E-state index in [9.17, 15) is 4.79 Å². The van der Waals surface area contributed by atoms with Crippen molar-refractivity contribution >= 4 is 16.8 Å². The van der Waals surface area contributed by atoms with E-state index >= 15 is 0 Å². The van der Waals surface area contributed by atoms with Crippen molar-refractivity contribution in [3.8, 4) is 11.5 Å². The summed E-state index contributed by atoms with van der Waals surface area (Å²) in [7, 11) is 3.52. The van der Waals surface area contributed by atoms with Crippen LogP contribution in [-0.2, 0) is 4.79 Å². The molecule has 1 amide bonds. The van der Waals surface area contributed by atoms with Crippen LogP contribution in [0.2, 0.25) is 0 Å². The highest BCUT2D eigenvalue weighted by Crippen LogP contribution is 2.29. The second-order valence-corrected chi connectivity index (χ2v) is 6.73. The quantitative estimate of drug-likeness (QED) is 0.831. The first kappa shape index (κ1) is 17.5. The Morgan fingerprint density at radius 1 is 1.24 bits per heavy atom. The Morgan fingerprint density at radius 3 is 2.72 bits per heavy atom. The number of hydrogen-bond donors (Lipinski definition) is 0. The van der Waals surface area contributed by atoms with Gasteiger partial charge in [-0.05, 0) is 38.0 Å². The lowest BCUT2D eigenvalue weighted by molar-refractivity contribution is -0.134. The SMILES string of the molecule is COc1ccc2nc(C)cc(OCC(=O)N(C)C3CCCCC3)c2c1. The van der Waals surface area contributed by atoms with Crippen molar-refractivity contribution in [2.45, 2.75) is 45.1 Å².